The molecule has 0 saturated heterocycles. The van der Waals surface area contributed by atoms with Crippen LogP contribution in [0.5, 0.6) is 11.5 Å². The minimum atomic E-state index is -0.279. The molecule has 2 amide bonds. The van der Waals surface area contributed by atoms with Gasteiger partial charge in [0.2, 0.25) is 6.79 Å². The third kappa shape index (κ3) is 3.05. The zero-order chi connectivity index (χ0) is 14.7. The lowest BCUT2D eigenvalue weighted by atomic mass is 10.1. The third-order valence-electron chi connectivity index (χ3n) is 3.18. The Bertz CT molecular complexity index is 646. The summed E-state index contributed by atoms with van der Waals surface area (Å²) in [5.74, 6) is 1.32. The normalized spacial score (nSPS) is 13.6. The van der Waals surface area contributed by atoms with Gasteiger partial charge in [-0.2, -0.15) is 0 Å². The van der Waals surface area contributed by atoms with Gasteiger partial charge in [0.1, 0.15) is 0 Å². The number of aromatic nitrogens is 1. The fraction of sp³-hybridized carbons (Fsp3) is 0.200. The Hall–Kier alpha value is -2.76. The second kappa shape index (κ2) is 5.70. The van der Waals surface area contributed by atoms with Crippen molar-refractivity contribution < 1.29 is 14.3 Å². The van der Waals surface area contributed by atoms with Crippen LogP contribution in [-0.2, 0) is 0 Å². The van der Waals surface area contributed by atoms with Crippen molar-refractivity contribution in [3.8, 4) is 11.5 Å². The molecule has 1 aromatic carbocycles. The molecule has 2 N–H and O–H groups in total. The quantitative estimate of drug-likeness (QED) is 0.909. The molecule has 0 saturated carbocycles. The smallest absolute Gasteiger partial charge is 0.319 e. The van der Waals surface area contributed by atoms with Gasteiger partial charge in [0.05, 0.1) is 6.04 Å². The number of nitrogens with zero attached hydrogens (tertiary/aromatic N) is 1. The van der Waals surface area contributed by atoms with Crippen LogP contribution in [0.4, 0.5) is 10.5 Å². The van der Waals surface area contributed by atoms with Gasteiger partial charge in [-0.25, -0.2) is 4.79 Å². The first-order valence-corrected chi connectivity index (χ1v) is 6.59. The molecule has 3 rings (SSSR count). The standard InChI is InChI=1S/C15H15N3O3/c1-10(11-4-6-16-7-5-11)17-15(19)18-12-2-3-13-14(8-12)21-9-20-13/h2-8,10H,9H2,1H3,(H2,17,18,19)/t10-/m0/s1. The van der Waals surface area contributed by atoms with E-state index in [0.717, 1.165) is 5.56 Å². The molecule has 0 bridgehead atoms. The molecule has 2 heterocycles. The van der Waals surface area contributed by atoms with Gasteiger partial charge in [-0.15, -0.1) is 0 Å². The van der Waals surface area contributed by atoms with Crippen molar-refractivity contribution in [2.75, 3.05) is 12.1 Å². The number of anilines is 1. The number of fused-ring (bicyclic) bond motifs is 1. The van der Waals surface area contributed by atoms with Crippen molar-refractivity contribution >= 4 is 11.7 Å². The number of rotatable bonds is 3. The van der Waals surface area contributed by atoms with Gasteiger partial charge in [-0.05, 0) is 36.8 Å². The Morgan fingerprint density at radius 3 is 2.76 bits per heavy atom. The zero-order valence-electron chi connectivity index (χ0n) is 11.5. The Morgan fingerprint density at radius 2 is 1.95 bits per heavy atom. The predicted octanol–water partition coefficient (Wildman–Crippen LogP) is 2.69. The summed E-state index contributed by atoms with van der Waals surface area (Å²) >= 11 is 0. The van der Waals surface area contributed by atoms with E-state index in [1.165, 1.54) is 0 Å². The Balaban J connectivity index is 1.61. The number of amides is 2. The first-order chi connectivity index (χ1) is 10.2. The molecule has 6 heteroatoms. The maximum absolute atomic E-state index is 12.0. The number of benzene rings is 1. The van der Waals surface area contributed by atoms with Crippen LogP contribution in [0.2, 0.25) is 0 Å². The van der Waals surface area contributed by atoms with E-state index in [-0.39, 0.29) is 18.9 Å². The summed E-state index contributed by atoms with van der Waals surface area (Å²) < 4.78 is 10.5. The first-order valence-electron chi connectivity index (χ1n) is 6.59. The Kier molecular flexibility index (Phi) is 3.59. The van der Waals surface area contributed by atoms with Gasteiger partial charge in [-0.3, -0.25) is 4.98 Å². The highest BCUT2D eigenvalue weighted by molar-refractivity contribution is 5.89. The predicted molar refractivity (Wildman–Crippen MR) is 77.4 cm³/mol. The maximum Gasteiger partial charge on any atom is 0.319 e. The van der Waals surface area contributed by atoms with Gasteiger partial charge < -0.3 is 20.1 Å². The molecule has 108 valence electrons. The van der Waals surface area contributed by atoms with E-state index >= 15 is 0 Å². The molecule has 1 aliphatic rings. The van der Waals surface area contributed by atoms with Crippen LogP contribution in [0.15, 0.2) is 42.7 Å². The molecule has 1 aliphatic heterocycles. The number of urea groups is 1. The minimum Gasteiger partial charge on any atom is -0.454 e. The molecule has 0 aliphatic carbocycles. The average Bonchev–Trinajstić information content (AvgIpc) is 2.95. The largest absolute Gasteiger partial charge is 0.454 e. The van der Waals surface area contributed by atoms with Crippen molar-refractivity contribution in [3.63, 3.8) is 0 Å². The van der Waals surface area contributed by atoms with Crippen LogP contribution in [0.1, 0.15) is 18.5 Å². The second-order valence-electron chi connectivity index (χ2n) is 4.67. The molecule has 0 fully saturated rings. The van der Waals surface area contributed by atoms with E-state index in [2.05, 4.69) is 15.6 Å². The van der Waals surface area contributed by atoms with Crippen LogP contribution in [0.25, 0.3) is 0 Å². The SMILES string of the molecule is C[C@H](NC(=O)Nc1ccc2c(c1)OCO2)c1ccncc1. The topological polar surface area (TPSA) is 72.5 Å². The second-order valence-corrected chi connectivity index (χ2v) is 4.67. The summed E-state index contributed by atoms with van der Waals surface area (Å²) in [4.78, 5) is 15.9. The molecule has 0 radical (unpaired) electrons. The van der Waals surface area contributed by atoms with E-state index in [0.29, 0.717) is 17.2 Å². The van der Waals surface area contributed by atoms with Gasteiger partial charge in [0, 0.05) is 24.1 Å². The van der Waals surface area contributed by atoms with Crippen LogP contribution < -0.4 is 20.1 Å². The molecule has 1 atom stereocenters. The molecular weight excluding hydrogens is 270 g/mol. The lowest BCUT2D eigenvalue weighted by Crippen LogP contribution is -2.31. The van der Waals surface area contributed by atoms with E-state index in [4.69, 9.17) is 9.47 Å². The fourth-order valence-corrected chi connectivity index (χ4v) is 2.07. The number of hydrogen-bond donors (Lipinski definition) is 2. The van der Waals surface area contributed by atoms with Crippen molar-refractivity contribution in [2.24, 2.45) is 0 Å². The fourth-order valence-electron chi connectivity index (χ4n) is 2.07. The number of carbonyl (C=O) groups is 1. The van der Waals surface area contributed by atoms with Crippen LogP contribution in [-0.4, -0.2) is 17.8 Å². The lowest BCUT2D eigenvalue weighted by Gasteiger charge is -2.15. The summed E-state index contributed by atoms with van der Waals surface area (Å²) in [6.45, 7) is 2.12. The van der Waals surface area contributed by atoms with E-state index in [9.17, 15) is 4.79 Å². The minimum absolute atomic E-state index is 0.109. The number of nitrogens with one attached hydrogen (secondary N) is 2. The lowest BCUT2D eigenvalue weighted by molar-refractivity contribution is 0.174. The number of hydrogen-bond acceptors (Lipinski definition) is 4. The Morgan fingerprint density at radius 1 is 1.19 bits per heavy atom. The summed E-state index contributed by atoms with van der Waals surface area (Å²) in [7, 11) is 0. The number of pyridine rings is 1. The monoisotopic (exact) mass is 285 g/mol. The molecular formula is C15H15N3O3. The molecule has 2 aromatic rings. The Labute approximate surface area is 122 Å². The van der Waals surface area contributed by atoms with Crippen molar-refractivity contribution in [2.45, 2.75) is 13.0 Å². The van der Waals surface area contributed by atoms with Crippen LogP contribution in [0, 0.1) is 0 Å². The van der Waals surface area contributed by atoms with Crippen molar-refractivity contribution in [1.82, 2.24) is 10.3 Å². The highest BCUT2D eigenvalue weighted by Crippen LogP contribution is 2.34. The van der Waals surface area contributed by atoms with Gasteiger partial charge in [0.25, 0.3) is 0 Å². The van der Waals surface area contributed by atoms with E-state index in [1.807, 2.05) is 19.1 Å². The molecule has 1 aromatic heterocycles. The third-order valence-corrected chi connectivity index (χ3v) is 3.18. The van der Waals surface area contributed by atoms with Gasteiger partial charge in [0.15, 0.2) is 11.5 Å². The number of carbonyl (C=O) groups excluding carboxylic acids is 1. The van der Waals surface area contributed by atoms with Crippen molar-refractivity contribution in [3.05, 3.63) is 48.3 Å². The summed E-state index contributed by atoms with van der Waals surface area (Å²) in [5.41, 5.74) is 1.64. The molecule has 0 unspecified atom stereocenters. The number of ether oxygens (including phenoxy) is 2. The summed E-state index contributed by atoms with van der Waals surface area (Å²) in [6, 6.07) is 8.62. The maximum atomic E-state index is 12.0. The van der Waals surface area contributed by atoms with E-state index < -0.39 is 0 Å². The zero-order valence-corrected chi connectivity index (χ0v) is 11.5. The highest BCUT2D eigenvalue weighted by atomic mass is 16.7. The van der Waals surface area contributed by atoms with E-state index in [1.54, 1.807) is 30.6 Å². The van der Waals surface area contributed by atoms with Crippen molar-refractivity contribution in [1.29, 1.82) is 0 Å². The molecule has 6 nitrogen and oxygen atoms in total. The molecule has 0 spiro atoms. The summed E-state index contributed by atoms with van der Waals surface area (Å²) in [5, 5.41) is 5.63. The van der Waals surface area contributed by atoms with Gasteiger partial charge in [-0.1, -0.05) is 0 Å². The van der Waals surface area contributed by atoms with Crippen LogP contribution in [0.3, 0.4) is 0 Å². The molecule has 21 heavy (non-hydrogen) atoms. The average molecular weight is 285 g/mol. The highest BCUT2D eigenvalue weighted by Gasteiger charge is 2.15. The first kappa shape index (κ1) is 13.2. The summed E-state index contributed by atoms with van der Waals surface area (Å²) in [6.07, 6.45) is 3.40. The van der Waals surface area contributed by atoms with Gasteiger partial charge >= 0.3 is 6.03 Å². The van der Waals surface area contributed by atoms with Crippen LogP contribution >= 0.6 is 0 Å².